The molecule has 0 bridgehead atoms. The molecule has 0 heterocycles. The Morgan fingerprint density at radius 2 is 1.20 bits per heavy atom. The smallest absolute Gasteiger partial charge is 0.338 e. The summed E-state index contributed by atoms with van der Waals surface area (Å²) in [7, 11) is 0. The summed E-state index contributed by atoms with van der Waals surface area (Å²) in [5.74, 6) is -1.17. The van der Waals surface area contributed by atoms with E-state index in [-0.39, 0.29) is 19.1 Å². The van der Waals surface area contributed by atoms with Crippen molar-refractivity contribution < 1.29 is 19.1 Å². The van der Waals surface area contributed by atoms with E-state index in [2.05, 4.69) is 108 Å². The van der Waals surface area contributed by atoms with Crippen molar-refractivity contribution in [3.05, 3.63) is 191 Å². The summed E-state index contributed by atoms with van der Waals surface area (Å²) >= 11 is 6.64. The van der Waals surface area contributed by atoms with Gasteiger partial charge in [0.25, 0.3) is 0 Å². The molecule has 5 nitrogen and oxygen atoms in total. The number of halogens is 1. The molecule has 6 aromatic rings. The second-order valence-electron chi connectivity index (χ2n) is 12.9. The number of hydrogen-bond acceptors (Lipinski definition) is 5. The van der Waals surface area contributed by atoms with Crippen molar-refractivity contribution in [1.82, 2.24) is 0 Å². The van der Waals surface area contributed by atoms with Crippen molar-refractivity contribution in [3.63, 3.8) is 0 Å². The predicted octanol–water partition coefficient (Wildman–Crippen LogP) is 12.5. The Balaban J connectivity index is 1.32. The van der Waals surface area contributed by atoms with Crippen LogP contribution in [-0.4, -0.2) is 25.2 Å². The summed E-state index contributed by atoms with van der Waals surface area (Å²) in [5, 5.41) is 0.462. The molecule has 0 saturated heterocycles. The molecule has 1 aliphatic rings. The maximum absolute atomic E-state index is 13.6. The van der Waals surface area contributed by atoms with E-state index in [1.165, 1.54) is 0 Å². The van der Waals surface area contributed by atoms with Crippen LogP contribution < -0.4 is 4.90 Å². The number of nitrogens with zero attached hydrogens (tertiary/aromatic N) is 1. The van der Waals surface area contributed by atoms with Gasteiger partial charge in [-0.25, -0.2) is 9.59 Å². The molecular weight excluding hydrogens is 690 g/mol. The highest BCUT2D eigenvalue weighted by Gasteiger charge is 2.28. The lowest BCUT2D eigenvalue weighted by molar-refractivity contribution is 0.0511. The molecule has 1 unspecified atom stereocenters. The molecule has 6 heteroatoms. The molecule has 0 spiro atoms. The normalized spacial score (nSPS) is 13.5. The summed E-state index contributed by atoms with van der Waals surface area (Å²) in [5.41, 5.74) is 10.1. The van der Waals surface area contributed by atoms with E-state index < -0.39 is 11.9 Å². The number of carbonyl (C=O) groups is 2. The summed E-state index contributed by atoms with van der Waals surface area (Å²) in [6, 6.07) is 48.5. The quantitative estimate of drug-likeness (QED) is 0.124. The lowest BCUT2D eigenvalue weighted by Gasteiger charge is -2.31. The van der Waals surface area contributed by atoms with Gasteiger partial charge in [-0.05, 0) is 90.6 Å². The predicted molar refractivity (Wildman–Crippen MR) is 219 cm³/mol. The molecule has 0 N–H and O–H groups in total. The maximum Gasteiger partial charge on any atom is 0.338 e. The van der Waals surface area contributed by atoms with Crippen LogP contribution in [0.3, 0.4) is 0 Å². The van der Waals surface area contributed by atoms with E-state index >= 15 is 0 Å². The van der Waals surface area contributed by atoms with Gasteiger partial charge in [-0.1, -0.05) is 133 Å². The van der Waals surface area contributed by atoms with Gasteiger partial charge in [0, 0.05) is 33.5 Å². The molecule has 1 aliphatic carbocycles. The Kier molecular flexibility index (Phi) is 11.2. The van der Waals surface area contributed by atoms with Crippen LogP contribution in [0.2, 0.25) is 5.02 Å². The SMILES string of the molecule is CCOC(=O)c1cc(C2C=CC(N(c3ccc(-c4ccccc4)cc3)c3ccccc3-c3ccccc3)=CC2)c(C(=O)OCC)cc1-c1ccccc1Cl. The third-order valence-electron chi connectivity index (χ3n) is 9.54. The Hall–Kier alpha value is -6.17. The van der Waals surface area contributed by atoms with Gasteiger partial charge in [-0.3, -0.25) is 0 Å². The van der Waals surface area contributed by atoms with Crippen LogP contribution in [0, 0.1) is 0 Å². The number of rotatable bonds is 11. The number of hydrogen-bond donors (Lipinski definition) is 0. The molecule has 0 radical (unpaired) electrons. The molecule has 54 heavy (non-hydrogen) atoms. The zero-order valence-corrected chi connectivity index (χ0v) is 31.0. The van der Waals surface area contributed by atoms with E-state index in [4.69, 9.17) is 21.1 Å². The first-order valence-corrected chi connectivity index (χ1v) is 18.6. The summed E-state index contributed by atoms with van der Waals surface area (Å²) in [6.07, 6.45) is 6.96. The van der Waals surface area contributed by atoms with Crippen molar-refractivity contribution in [2.24, 2.45) is 0 Å². The summed E-state index contributed by atoms with van der Waals surface area (Å²) in [6.45, 7) is 3.97. The number of benzene rings is 6. The monoisotopic (exact) mass is 729 g/mol. The number of esters is 2. The second kappa shape index (κ2) is 16.7. The number of carbonyl (C=O) groups excluding carboxylic acids is 2. The summed E-state index contributed by atoms with van der Waals surface area (Å²) < 4.78 is 11.1. The first-order chi connectivity index (χ1) is 26.5. The lowest BCUT2D eigenvalue weighted by atomic mass is 9.84. The highest BCUT2D eigenvalue weighted by atomic mass is 35.5. The molecule has 0 aliphatic heterocycles. The zero-order chi connectivity index (χ0) is 37.4. The molecule has 0 aromatic heterocycles. The molecule has 7 rings (SSSR count). The van der Waals surface area contributed by atoms with Gasteiger partial charge in [0.05, 0.1) is 30.0 Å². The number of ether oxygens (including phenoxy) is 2. The minimum absolute atomic E-state index is 0.206. The largest absolute Gasteiger partial charge is 0.462 e. The molecule has 268 valence electrons. The van der Waals surface area contributed by atoms with Gasteiger partial charge < -0.3 is 14.4 Å². The van der Waals surface area contributed by atoms with Crippen LogP contribution >= 0.6 is 11.6 Å². The minimum atomic E-state index is -0.484. The minimum Gasteiger partial charge on any atom is -0.462 e. The highest BCUT2D eigenvalue weighted by Crippen LogP contribution is 2.42. The van der Waals surface area contributed by atoms with Crippen molar-refractivity contribution in [1.29, 1.82) is 0 Å². The van der Waals surface area contributed by atoms with E-state index in [1.807, 2.05) is 42.5 Å². The van der Waals surface area contributed by atoms with Crippen LogP contribution in [0.1, 0.15) is 52.5 Å². The fourth-order valence-electron chi connectivity index (χ4n) is 6.99. The van der Waals surface area contributed by atoms with Crippen LogP contribution in [-0.2, 0) is 9.47 Å². The van der Waals surface area contributed by atoms with E-state index in [9.17, 15) is 9.59 Å². The van der Waals surface area contributed by atoms with E-state index in [0.29, 0.717) is 39.3 Å². The second-order valence-corrected chi connectivity index (χ2v) is 13.3. The lowest BCUT2D eigenvalue weighted by Crippen LogP contribution is -2.19. The van der Waals surface area contributed by atoms with E-state index in [0.717, 1.165) is 39.3 Å². The third kappa shape index (κ3) is 7.64. The fourth-order valence-corrected chi connectivity index (χ4v) is 7.22. The number of anilines is 2. The third-order valence-corrected chi connectivity index (χ3v) is 9.87. The van der Waals surface area contributed by atoms with Gasteiger partial charge in [-0.2, -0.15) is 0 Å². The first-order valence-electron chi connectivity index (χ1n) is 18.2. The van der Waals surface area contributed by atoms with Crippen LogP contribution in [0.25, 0.3) is 33.4 Å². The van der Waals surface area contributed by atoms with Crippen LogP contribution in [0.5, 0.6) is 0 Å². The molecular formula is C48H40ClNO4. The average Bonchev–Trinajstić information content (AvgIpc) is 3.22. The molecule has 0 saturated carbocycles. The Morgan fingerprint density at radius 3 is 1.83 bits per heavy atom. The van der Waals surface area contributed by atoms with Crippen molar-refractivity contribution in [3.8, 4) is 33.4 Å². The van der Waals surface area contributed by atoms with Crippen molar-refractivity contribution >= 4 is 34.9 Å². The van der Waals surface area contributed by atoms with Gasteiger partial charge in [0.1, 0.15) is 0 Å². The fraction of sp³-hybridized carbons (Fsp3) is 0.125. The zero-order valence-electron chi connectivity index (χ0n) is 30.2. The Morgan fingerprint density at radius 1 is 0.630 bits per heavy atom. The van der Waals surface area contributed by atoms with Crippen molar-refractivity contribution in [2.75, 3.05) is 18.1 Å². The van der Waals surface area contributed by atoms with Crippen molar-refractivity contribution in [2.45, 2.75) is 26.2 Å². The number of allylic oxidation sites excluding steroid dienone is 3. The highest BCUT2D eigenvalue weighted by molar-refractivity contribution is 6.33. The van der Waals surface area contributed by atoms with Crippen LogP contribution in [0.4, 0.5) is 11.4 Å². The Bertz CT molecular complexity index is 2330. The van der Waals surface area contributed by atoms with Gasteiger partial charge in [0.2, 0.25) is 0 Å². The Labute approximate surface area is 321 Å². The van der Waals surface area contributed by atoms with Gasteiger partial charge >= 0.3 is 11.9 Å². The molecule has 1 atom stereocenters. The molecule has 0 amide bonds. The van der Waals surface area contributed by atoms with E-state index in [1.54, 1.807) is 32.0 Å². The summed E-state index contributed by atoms with van der Waals surface area (Å²) in [4.78, 5) is 29.4. The maximum atomic E-state index is 13.6. The number of para-hydroxylation sites is 1. The topological polar surface area (TPSA) is 55.8 Å². The average molecular weight is 730 g/mol. The standard InChI is InChI=1S/C48H40ClNO4/c1-3-53-47(51)43-32-42(40-20-11-13-21-45(40)49)44(48(52)54-4-2)31-41(43)36-25-29-38(30-26-36)50(37-27-23-34(24-28-37)33-15-7-5-8-16-33)46-22-14-12-19-39(46)35-17-9-6-10-18-35/h5-25,27-32,36H,3-4,26H2,1-2H3. The molecule has 0 fully saturated rings. The van der Waals surface area contributed by atoms with Gasteiger partial charge in [-0.15, -0.1) is 0 Å². The van der Waals surface area contributed by atoms with Crippen LogP contribution in [0.15, 0.2) is 170 Å². The van der Waals surface area contributed by atoms with Gasteiger partial charge in [0.15, 0.2) is 0 Å². The first kappa shape index (κ1) is 36.2. The molecule has 6 aromatic carbocycles.